The molecule has 0 unspecified atom stereocenters. The SMILES string of the molecule is c1ccc(-c2ccc(N(c3ccc4c(c3)c3cc(C5(c6ccccc6)c6ccccc6-c6ccccc65)ccc3n4-c3ccccc3)c3cc4sc5ccccc5c4c4ccccc34)cc2)cc1. The summed E-state index contributed by atoms with van der Waals surface area (Å²) in [5, 5.41) is 7.52. The number of hydrogen-bond donors (Lipinski definition) is 0. The Morgan fingerprint density at radius 1 is 0.353 bits per heavy atom. The summed E-state index contributed by atoms with van der Waals surface area (Å²) in [6.07, 6.45) is 0. The molecule has 0 N–H and O–H groups in total. The Morgan fingerprint density at radius 2 is 0.897 bits per heavy atom. The lowest BCUT2D eigenvalue weighted by atomic mass is 9.67. The minimum Gasteiger partial charge on any atom is -0.310 e. The van der Waals surface area contributed by atoms with Gasteiger partial charge in [0.1, 0.15) is 0 Å². The van der Waals surface area contributed by atoms with Gasteiger partial charge < -0.3 is 9.47 Å². The van der Waals surface area contributed by atoms with E-state index in [0.717, 1.165) is 28.3 Å². The van der Waals surface area contributed by atoms with Crippen LogP contribution in [0.25, 0.3) is 80.7 Å². The molecule has 0 amide bonds. The Balaban J connectivity index is 1.06. The summed E-state index contributed by atoms with van der Waals surface area (Å²) in [7, 11) is 0. The first-order valence-electron chi connectivity index (χ1n) is 23.4. The normalized spacial score (nSPS) is 12.8. The van der Waals surface area contributed by atoms with Crippen LogP contribution in [0.1, 0.15) is 22.3 Å². The third kappa shape index (κ3) is 5.70. The van der Waals surface area contributed by atoms with Crippen LogP contribution in [0.4, 0.5) is 17.1 Å². The van der Waals surface area contributed by atoms with Crippen molar-refractivity contribution in [3.05, 3.63) is 277 Å². The third-order valence-electron chi connectivity index (χ3n) is 14.4. The standard InChI is InChI=1S/C65H42N2S/c1-4-18-43(19-5-1)44-32-35-48(36-33-44)66(61-42-63-64(53-27-11-10-26-52(53)61)54-28-14-17-31-62(54)68-63)49-37-39-60-56(41-49)55-40-46(34-38-59(55)67(60)47-22-8-3-9-23-47)65(45-20-6-2-7-21-45)57-29-15-12-24-50(57)51-25-13-16-30-58(51)65/h1-42H. The van der Waals surface area contributed by atoms with Crippen LogP contribution in [-0.4, -0.2) is 4.57 Å². The molecular formula is C65H42N2S. The second-order valence-electron chi connectivity index (χ2n) is 18.0. The van der Waals surface area contributed by atoms with Crippen LogP contribution < -0.4 is 4.90 Å². The van der Waals surface area contributed by atoms with Crippen molar-refractivity contribution in [2.45, 2.75) is 5.41 Å². The summed E-state index contributed by atoms with van der Waals surface area (Å²) in [4.78, 5) is 2.49. The molecule has 0 aliphatic heterocycles. The Kier molecular flexibility index (Phi) is 8.71. The van der Waals surface area contributed by atoms with Gasteiger partial charge in [-0.2, -0.15) is 0 Å². The number of fused-ring (bicyclic) bond motifs is 11. The number of aromatic nitrogens is 1. The number of para-hydroxylation sites is 1. The predicted molar refractivity (Wildman–Crippen MR) is 289 cm³/mol. The van der Waals surface area contributed by atoms with Crippen molar-refractivity contribution in [2.75, 3.05) is 4.90 Å². The molecule has 2 heterocycles. The molecule has 318 valence electrons. The smallest absolute Gasteiger partial charge is 0.0713 e. The highest BCUT2D eigenvalue weighted by Crippen LogP contribution is 2.57. The lowest BCUT2D eigenvalue weighted by molar-refractivity contribution is 0.770. The van der Waals surface area contributed by atoms with Gasteiger partial charge in [0.05, 0.1) is 22.1 Å². The lowest BCUT2D eigenvalue weighted by Gasteiger charge is -2.34. The van der Waals surface area contributed by atoms with E-state index in [1.165, 1.54) is 91.7 Å². The molecule has 0 fully saturated rings. The molecule has 13 aromatic rings. The van der Waals surface area contributed by atoms with Crippen LogP contribution >= 0.6 is 11.3 Å². The molecule has 2 nitrogen and oxygen atoms in total. The first kappa shape index (κ1) is 38.7. The zero-order chi connectivity index (χ0) is 44.8. The molecule has 3 heteroatoms. The van der Waals surface area contributed by atoms with Crippen molar-refractivity contribution < 1.29 is 0 Å². The fourth-order valence-electron chi connectivity index (χ4n) is 11.6. The topological polar surface area (TPSA) is 8.17 Å². The maximum atomic E-state index is 2.50. The van der Waals surface area contributed by atoms with Crippen molar-refractivity contribution in [3.63, 3.8) is 0 Å². The molecule has 14 rings (SSSR count). The summed E-state index contributed by atoms with van der Waals surface area (Å²) >= 11 is 1.88. The second kappa shape index (κ2) is 15.3. The molecule has 0 atom stereocenters. The van der Waals surface area contributed by atoms with Crippen LogP contribution in [0.15, 0.2) is 255 Å². The minimum atomic E-state index is -0.521. The molecule has 2 aromatic heterocycles. The summed E-state index contributed by atoms with van der Waals surface area (Å²) in [5.41, 5.74) is 16.4. The molecule has 1 aliphatic rings. The Bertz CT molecular complexity index is 4030. The Morgan fingerprint density at radius 3 is 1.62 bits per heavy atom. The third-order valence-corrected chi connectivity index (χ3v) is 15.6. The first-order chi connectivity index (χ1) is 33.7. The van der Waals surface area contributed by atoms with E-state index in [-0.39, 0.29) is 0 Å². The van der Waals surface area contributed by atoms with E-state index in [0.29, 0.717) is 0 Å². The molecule has 11 aromatic carbocycles. The average molecular weight is 883 g/mol. The van der Waals surface area contributed by atoms with Crippen LogP contribution in [0.3, 0.4) is 0 Å². The minimum absolute atomic E-state index is 0.521. The Labute approximate surface area is 398 Å². The average Bonchev–Trinajstić information content (AvgIpc) is 4.06. The molecule has 0 saturated carbocycles. The van der Waals surface area contributed by atoms with Crippen molar-refractivity contribution >= 4 is 81.1 Å². The summed E-state index contributed by atoms with van der Waals surface area (Å²) in [5.74, 6) is 0. The highest BCUT2D eigenvalue weighted by atomic mass is 32.1. The van der Waals surface area contributed by atoms with Crippen LogP contribution in [-0.2, 0) is 5.41 Å². The van der Waals surface area contributed by atoms with Crippen molar-refractivity contribution in [3.8, 4) is 27.9 Å². The zero-order valence-electron chi connectivity index (χ0n) is 37.1. The lowest BCUT2D eigenvalue weighted by Crippen LogP contribution is -2.28. The fourth-order valence-corrected chi connectivity index (χ4v) is 12.7. The number of rotatable bonds is 7. The molecule has 1 aliphatic carbocycles. The van der Waals surface area contributed by atoms with Gasteiger partial charge in [-0.25, -0.2) is 0 Å². The van der Waals surface area contributed by atoms with Gasteiger partial charge >= 0.3 is 0 Å². The van der Waals surface area contributed by atoms with Gasteiger partial charge in [-0.3, -0.25) is 0 Å². The van der Waals surface area contributed by atoms with E-state index in [4.69, 9.17) is 0 Å². The van der Waals surface area contributed by atoms with Gasteiger partial charge in [0.15, 0.2) is 0 Å². The summed E-state index contributed by atoms with van der Waals surface area (Å²) in [6, 6.07) is 94.4. The molecule has 0 spiro atoms. The highest BCUT2D eigenvalue weighted by Gasteiger charge is 2.46. The number of anilines is 3. The van der Waals surface area contributed by atoms with Gasteiger partial charge in [-0.1, -0.05) is 188 Å². The number of benzene rings is 11. The van der Waals surface area contributed by atoms with Crippen molar-refractivity contribution in [2.24, 2.45) is 0 Å². The van der Waals surface area contributed by atoms with Gasteiger partial charge in [0.2, 0.25) is 0 Å². The number of thiophene rings is 1. The van der Waals surface area contributed by atoms with Crippen LogP contribution in [0, 0.1) is 0 Å². The van der Waals surface area contributed by atoms with Gasteiger partial charge in [0, 0.05) is 53.4 Å². The summed E-state index contributed by atoms with van der Waals surface area (Å²) in [6.45, 7) is 0. The van der Waals surface area contributed by atoms with Gasteiger partial charge in [-0.05, 0) is 117 Å². The predicted octanol–water partition coefficient (Wildman–Crippen LogP) is 17.8. The molecule has 0 saturated heterocycles. The number of nitrogens with zero attached hydrogens (tertiary/aromatic N) is 2. The number of hydrogen-bond acceptors (Lipinski definition) is 2. The second-order valence-corrected chi connectivity index (χ2v) is 19.1. The maximum Gasteiger partial charge on any atom is 0.0713 e. The van der Waals surface area contributed by atoms with Crippen LogP contribution in [0.5, 0.6) is 0 Å². The van der Waals surface area contributed by atoms with E-state index in [2.05, 4.69) is 264 Å². The molecular weight excluding hydrogens is 841 g/mol. The Hall–Kier alpha value is -8.50. The van der Waals surface area contributed by atoms with Gasteiger partial charge in [-0.15, -0.1) is 11.3 Å². The van der Waals surface area contributed by atoms with Crippen molar-refractivity contribution in [1.29, 1.82) is 0 Å². The quantitative estimate of drug-likeness (QED) is 0.155. The van der Waals surface area contributed by atoms with Crippen LogP contribution in [0.2, 0.25) is 0 Å². The van der Waals surface area contributed by atoms with E-state index in [1.807, 2.05) is 11.3 Å². The monoisotopic (exact) mass is 882 g/mol. The first-order valence-corrected chi connectivity index (χ1v) is 24.2. The van der Waals surface area contributed by atoms with Gasteiger partial charge in [0.25, 0.3) is 0 Å². The van der Waals surface area contributed by atoms with E-state index in [9.17, 15) is 0 Å². The van der Waals surface area contributed by atoms with E-state index in [1.54, 1.807) is 0 Å². The largest absolute Gasteiger partial charge is 0.310 e. The van der Waals surface area contributed by atoms with Crippen molar-refractivity contribution in [1.82, 2.24) is 4.57 Å². The van der Waals surface area contributed by atoms with E-state index < -0.39 is 5.41 Å². The highest BCUT2D eigenvalue weighted by molar-refractivity contribution is 7.26. The summed E-state index contributed by atoms with van der Waals surface area (Å²) < 4.78 is 5.03. The molecule has 68 heavy (non-hydrogen) atoms. The molecule has 0 bridgehead atoms. The van der Waals surface area contributed by atoms with E-state index >= 15 is 0 Å². The molecule has 0 radical (unpaired) electrons. The fraction of sp³-hybridized carbons (Fsp3) is 0.0154. The zero-order valence-corrected chi connectivity index (χ0v) is 37.9. The maximum absolute atomic E-state index is 2.50.